The summed E-state index contributed by atoms with van der Waals surface area (Å²) in [5, 5.41) is 3.43. The minimum absolute atomic E-state index is 0.169. The van der Waals surface area contributed by atoms with Gasteiger partial charge in [-0.15, -0.1) is 0 Å². The van der Waals surface area contributed by atoms with E-state index in [2.05, 4.69) is 67.2 Å². The van der Waals surface area contributed by atoms with Crippen LogP contribution in [0.4, 0.5) is 10.1 Å². The van der Waals surface area contributed by atoms with Crippen molar-refractivity contribution in [2.24, 2.45) is 10.4 Å². The SMILES string of the molecule is CN=C(CC(C)(C)C(C)(C)c1cccc(N2CCN(S(C)(=O)=O)CC2)c1)N[C@@H](C)c1ccccc1F. The molecule has 6 nitrogen and oxygen atoms in total. The molecule has 0 amide bonds. The second-order valence-corrected chi connectivity index (χ2v) is 12.9. The smallest absolute Gasteiger partial charge is 0.211 e. The second kappa shape index (κ2) is 10.9. The lowest BCUT2D eigenvalue weighted by molar-refractivity contribution is 0.205. The molecule has 1 atom stereocenters. The van der Waals surface area contributed by atoms with Crippen LogP contribution in [0.2, 0.25) is 0 Å². The number of benzene rings is 2. The molecule has 0 radical (unpaired) electrons. The summed E-state index contributed by atoms with van der Waals surface area (Å²) >= 11 is 0. The lowest BCUT2D eigenvalue weighted by Gasteiger charge is -2.43. The van der Waals surface area contributed by atoms with Gasteiger partial charge in [-0.3, -0.25) is 4.99 Å². The second-order valence-electron chi connectivity index (χ2n) is 10.9. The summed E-state index contributed by atoms with van der Waals surface area (Å²) in [5.74, 6) is 0.624. The lowest BCUT2D eigenvalue weighted by atomic mass is 9.62. The Labute approximate surface area is 216 Å². The fourth-order valence-corrected chi connectivity index (χ4v) is 5.57. The molecule has 198 valence electrons. The molecule has 2 aromatic carbocycles. The lowest BCUT2D eigenvalue weighted by Crippen LogP contribution is -2.48. The number of rotatable bonds is 8. The van der Waals surface area contributed by atoms with Gasteiger partial charge in [0.25, 0.3) is 0 Å². The summed E-state index contributed by atoms with van der Waals surface area (Å²) in [6, 6.07) is 15.2. The molecule has 0 saturated carbocycles. The third-order valence-electron chi connectivity index (χ3n) is 7.97. The highest BCUT2D eigenvalue weighted by Crippen LogP contribution is 2.45. The molecule has 3 rings (SSSR count). The molecule has 1 N–H and O–H groups in total. The Morgan fingerprint density at radius 2 is 1.69 bits per heavy atom. The Morgan fingerprint density at radius 3 is 2.28 bits per heavy atom. The number of anilines is 1. The van der Waals surface area contributed by atoms with E-state index < -0.39 is 10.0 Å². The maximum Gasteiger partial charge on any atom is 0.211 e. The highest BCUT2D eigenvalue weighted by molar-refractivity contribution is 7.88. The first-order chi connectivity index (χ1) is 16.8. The third kappa shape index (κ3) is 6.27. The molecule has 0 spiro atoms. The zero-order valence-electron chi connectivity index (χ0n) is 22.7. The molecule has 0 aliphatic carbocycles. The van der Waals surface area contributed by atoms with Gasteiger partial charge in [-0.25, -0.2) is 12.8 Å². The molecule has 1 saturated heterocycles. The van der Waals surface area contributed by atoms with E-state index in [0.29, 0.717) is 38.2 Å². The highest BCUT2D eigenvalue weighted by atomic mass is 32.2. The number of halogens is 1. The largest absolute Gasteiger partial charge is 0.369 e. The first kappa shape index (κ1) is 28.1. The van der Waals surface area contributed by atoms with Crippen molar-refractivity contribution in [1.82, 2.24) is 9.62 Å². The quantitative estimate of drug-likeness (QED) is 0.397. The van der Waals surface area contributed by atoms with E-state index in [1.165, 1.54) is 17.9 Å². The Kier molecular flexibility index (Phi) is 8.51. The summed E-state index contributed by atoms with van der Waals surface area (Å²) in [6.45, 7) is 13.3. The van der Waals surface area contributed by atoms with Crippen LogP contribution in [0.3, 0.4) is 0 Å². The minimum Gasteiger partial charge on any atom is -0.369 e. The zero-order chi connectivity index (χ0) is 26.7. The summed E-state index contributed by atoms with van der Waals surface area (Å²) in [6.07, 6.45) is 1.97. The fourth-order valence-electron chi connectivity index (χ4n) is 4.75. The van der Waals surface area contributed by atoms with Crippen molar-refractivity contribution in [3.63, 3.8) is 0 Å². The molecule has 0 aromatic heterocycles. The molecule has 1 heterocycles. The van der Waals surface area contributed by atoms with Crippen LogP contribution >= 0.6 is 0 Å². The average molecular weight is 517 g/mol. The maximum atomic E-state index is 14.3. The van der Waals surface area contributed by atoms with Gasteiger partial charge >= 0.3 is 0 Å². The first-order valence-corrected chi connectivity index (χ1v) is 14.4. The molecular weight excluding hydrogens is 475 g/mol. The van der Waals surface area contributed by atoms with E-state index in [9.17, 15) is 12.8 Å². The predicted octanol–water partition coefficient (Wildman–Crippen LogP) is 4.98. The highest BCUT2D eigenvalue weighted by Gasteiger charge is 2.40. The molecule has 0 unspecified atom stereocenters. The van der Waals surface area contributed by atoms with Crippen LogP contribution in [0.15, 0.2) is 53.5 Å². The summed E-state index contributed by atoms with van der Waals surface area (Å²) < 4.78 is 39.6. The Bertz CT molecular complexity index is 1190. The van der Waals surface area contributed by atoms with Crippen molar-refractivity contribution in [2.45, 2.75) is 52.5 Å². The van der Waals surface area contributed by atoms with Crippen LogP contribution < -0.4 is 10.2 Å². The number of hydrogen-bond donors (Lipinski definition) is 1. The van der Waals surface area contributed by atoms with E-state index in [1.807, 2.05) is 13.0 Å². The van der Waals surface area contributed by atoms with Gasteiger partial charge in [0.2, 0.25) is 10.0 Å². The number of piperazine rings is 1. The van der Waals surface area contributed by atoms with Crippen LogP contribution in [0, 0.1) is 11.2 Å². The molecule has 1 aliphatic heterocycles. The van der Waals surface area contributed by atoms with Crippen LogP contribution in [0.25, 0.3) is 0 Å². The molecular formula is C28H41FN4O2S. The normalized spacial score (nSPS) is 17.2. The number of nitrogens with one attached hydrogen (secondary N) is 1. The van der Waals surface area contributed by atoms with Crippen molar-refractivity contribution < 1.29 is 12.8 Å². The molecule has 1 fully saturated rings. The monoisotopic (exact) mass is 516 g/mol. The van der Waals surface area contributed by atoms with Crippen LogP contribution in [-0.2, 0) is 15.4 Å². The van der Waals surface area contributed by atoms with E-state index in [0.717, 1.165) is 11.5 Å². The average Bonchev–Trinajstić information content (AvgIpc) is 2.83. The molecule has 36 heavy (non-hydrogen) atoms. The molecule has 1 aliphatic rings. The number of hydrogen-bond acceptors (Lipinski definition) is 4. The van der Waals surface area contributed by atoms with Gasteiger partial charge in [0, 0.05) is 50.9 Å². The number of sulfonamides is 1. The maximum absolute atomic E-state index is 14.3. The number of nitrogens with zero attached hydrogens (tertiary/aromatic N) is 3. The van der Waals surface area contributed by atoms with Gasteiger partial charge in [-0.05, 0) is 41.5 Å². The van der Waals surface area contributed by atoms with Gasteiger partial charge in [0.15, 0.2) is 0 Å². The fraction of sp³-hybridized carbons (Fsp3) is 0.536. The van der Waals surface area contributed by atoms with Gasteiger partial charge < -0.3 is 10.2 Å². The van der Waals surface area contributed by atoms with Crippen LogP contribution in [0.5, 0.6) is 0 Å². The summed E-state index contributed by atoms with van der Waals surface area (Å²) in [5.41, 5.74) is 2.58. The minimum atomic E-state index is -3.16. The van der Waals surface area contributed by atoms with E-state index in [4.69, 9.17) is 0 Å². The third-order valence-corrected chi connectivity index (χ3v) is 9.27. The Hall–Kier alpha value is -2.45. The molecule has 2 aromatic rings. The van der Waals surface area contributed by atoms with Crippen molar-refractivity contribution >= 4 is 21.5 Å². The molecule has 8 heteroatoms. The number of aliphatic imine (C=N–C) groups is 1. The van der Waals surface area contributed by atoms with Crippen LogP contribution in [-0.4, -0.2) is 58.0 Å². The summed E-state index contributed by atoms with van der Waals surface area (Å²) in [7, 11) is -1.38. The van der Waals surface area contributed by atoms with Crippen LogP contribution in [0.1, 0.15) is 58.2 Å². The van der Waals surface area contributed by atoms with E-state index >= 15 is 0 Å². The van der Waals surface area contributed by atoms with Gasteiger partial charge in [0.1, 0.15) is 5.82 Å². The van der Waals surface area contributed by atoms with Crippen molar-refractivity contribution in [3.05, 3.63) is 65.5 Å². The Morgan fingerprint density at radius 1 is 1.06 bits per heavy atom. The summed E-state index contributed by atoms with van der Waals surface area (Å²) in [4.78, 5) is 6.77. The van der Waals surface area contributed by atoms with Crippen molar-refractivity contribution in [1.29, 1.82) is 0 Å². The van der Waals surface area contributed by atoms with Crippen molar-refractivity contribution in [3.8, 4) is 0 Å². The van der Waals surface area contributed by atoms with Gasteiger partial charge in [0.05, 0.1) is 18.1 Å². The standard InChI is InChI=1S/C28H41FN4O2S/c1-21(24-13-8-9-14-25(24)29)31-26(30-6)20-27(2,3)28(4,5)22-11-10-12-23(19-22)32-15-17-33(18-16-32)36(7,34)35/h8-14,19,21H,15-18,20H2,1-7H3,(H,30,31)/t21-/m0/s1. The number of amidine groups is 1. The Balaban J connectivity index is 1.75. The van der Waals surface area contributed by atoms with E-state index in [-0.39, 0.29) is 22.7 Å². The van der Waals surface area contributed by atoms with Gasteiger partial charge in [-0.1, -0.05) is 58.0 Å². The topological polar surface area (TPSA) is 65.0 Å². The van der Waals surface area contributed by atoms with E-state index in [1.54, 1.807) is 23.5 Å². The van der Waals surface area contributed by atoms with Gasteiger partial charge in [-0.2, -0.15) is 4.31 Å². The molecule has 0 bridgehead atoms. The van der Waals surface area contributed by atoms with Crippen molar-refractivity contribution in [2.75, 3.05) is 44.4 Å². The first-order valence-electron chi connectivity index (χ1n) is 12.5. The zero-order valence-corrected chi connectivity index (χ0v) is 23.5. The predicted molar refractivity (Wildman–Crippen MR) is 148 cm³/mol.